The van der Waals surface area contributed by atoms with Gasteiger partial charge in [0.2, 0.25) is 6.10 Å². The molecule has 2 atom stereocenters. The number of fused-ring (bicyclic) bond motifs is 1. The third-order valence-corrected chi connectivity index (χ3v) is 5.49. The number of carbonyl (C=O) groups excluding carboxylic acids is 2. The van der Waals surface area contributed by atoms with Gasteiger partial charge in [-0.3, -0.25) is 9.59 Å². The summed E-state index contributed by atoms with van der Waals surface area (Å²) < 4.78 is 5.66. The number of hydrogen-bond acceptors (Lipinski definition) is 9. The van der Waals surface area contributed by atoms with E-state index in [-0.39, 0.29) is 28.9 Å². The molecule has 0 bridgehead atoms. The molecule has 158 valence electrons. The van der Waals surface area contributed by atoms with E-state index in [9.17, 15) is 14.6 Å². The molecule has 1 amide bonds. The molecule has 0 saturated heterocycles. The third kappa shape index (κ3) is 4.80. The largest absolute Gasteiger partial charge is 0.536 e. The molecule has 0 fully saturated rings. The number of nitrogens with zero attached hydrogens (tertiary/aromatic N) is 2. The summed E-state index contributed by atoms with van der Waals surface area (Å²) in [6.07, 6.45) is -0.457. The van der Waals surface area contributed by atoms with Gasteiger partial charge in [-0.15, -0.1) is 11.3 Å². The minimum atomic E-state index is -1.13. The van der Waals surface area contributed by atoms with Crippen LogP contribution in [0.5, 0.6) is 5.75 Å². The first-order valence-corrected chi connectivity index (χ1v) is 10.3. The molecular formula is C19H23BN4O5S. The zero-order chi connectivity index (χ0) is 21.8. The summed E-state index contributed by atoms with van der Waals surface area (Å²) in [7, 11) is 0.346. The number of Topliss-reactive ketones (excluding diaryl/α,β-unsaturated/α-hetero) is 1. The summed E-state index contributed by atoms with van der Waals surface area (Å²) in [5.74, 6) is -0.596. The molecule has 1 aromatic carbocycles. The Morgan fingerprint density at radius 2 is 2.30 bits per heavy atom. The number of amides is 1. The van der Waals surface area contributed by atoms with Crippen LogP contribution in [0.1, 0.15) is 30.2 Å². The zero-order valence-corrected chi connectivity index (χ0v) is 17.7. The number of anilines is 1. The summed E-state index contributed by atoms with van der Waals surface area (Å²) in [5.41, 5.74) is 7.75. The van der Waals surface area contributed by atoms with Gasteiger partial charge in [-0.05, 0) is 31.4 Å². The van der Waals surface area contributed by atoms with Gasteiger partial charge in [-0.25, -0.2) is 4.98 Å². The average Bonchev–Trinajstić information content (AvgIpc) is 3.14. The second-order valence-corrected chi connectivity index (χ2v) is 7.93. The number of aryl methyl sites for hydroxylation is 1. The molecule has 1 unspecified atom stereocenters. The fourth-order valence-corrected chi connectivity index (χ4v) is 3.72. The first kappa shape index (κ1) is 21.8. The number of para-hydroxylation sites is 1. The molecule has 2 aromatic rings. The molecule has 0 aliphatic carbocycles. The number of nitrogens with two attached hydrogens (primary N) is 1. The van der Waals surface area contributed by atoms with Gasteiger partial charge in [-0.2, -0.15) is 0 Å². The maximum atomic E-state index is 13.0. The molecule has 0 saturated carbocycles. The van der Waals surface area contributed by atoms with Crippen molar-refractivity contribution in [3.8, 4) is 5.75 Å². The maximum absolute atomic E-state index is 13.0. The number of benzene rings is 1. The summed E-state index contributed by atoms with van der Waals surface area (Å²) in [6.45, 7) is 3.41. The Labute approximate surface area is 178 Å². The number of nitrogen functional groups attached to an aromatic ring is 1. The van der Waals surface area contributed by atoms with Gasteiger partial charge in [0, 0.05) is 24.7 Å². The number of oxime groups is 1. The fraction of sp³-hybridized carbons (Fsp3) is 0.368. The number of carbonyl (C=O) groups is 2. The number of nitrogens with one attached hydrogen (secondary N) is 1. The van der Waals surface area contributed by atoms with Crippen molar-refractivity contribution in [3.63, 3.8) is 0 Å². The highest BCUT2D eigenvalue weighted by Gasteiger charge is 2.38. The molecule has 1 aliphatic rings. The van der Waals surface area contributed by atoms with E-state index in [1.165, 1.54) is 14.0 Å². The number of likely N-dealkylation sites (N-methyl/N-ethyl adjacent to an activating group) is 1. The first-order valence-electron chi connectivity index (χ1n) is 9.43. The Bertz CT molecular complexity index is 980. The van der Waals surface area contributed by atoms with Crippen molar-refractivity contribution in [2.24, 2.45) is 5.16 Å². The molecule has 4 N–H and O–H groups in total. The molecule has 2 heterocycles. The Kier molecular flexibility index (Phi) is 6.73. The minimum Gasteiger partial charge on any atom is -0.536 e. The predicted molar refractivity (Wildman–Crippen MR) is 115 cm³/mol. The lowest BCUT2D eigenvalue weighted by Gasteiger charge is -2.28. The predicted octanol–water partition coefficient (Wildman–Crippen LogP) is 1.33. The van der Waals surface area contributed by atoms with Crippen LogP contribution >= 0.6 is 11.3 Å². The summed E-state index contributed by atoms with van der Waals surface area (Å²) >= 11 is 1.16. The lowest BCUT2D eigenvalue weighted by molar-refractivity contribution is -0.131. The molecule has 0 radical (unpaired) electrons. The van der Waals surface area contributed by atoms with Crippen LogP contribution in [-0.4, -0.2) is 47.7 Å². The van der Waals surface area contributed by atoms with Gasteiger partial charge in [0.15, 0.2) is 16.6 Å². The third-order valence-electron chi connectivity index (χ3n) is 4.81. The van der Waals surface area contributed by atoms with E-state index in [0.29, 0.717) is 12.2 Å². The van der Waals surface area contributed by atoms with Crippen LogP contribution in [-0.2, 0) is 20.8 Å². The Hall–Kier alpha value is -2.92. The van der Waals surface area contributed by atoms with E-state index in [1.54, 1.807) is 5.38 Å². The number of rotatable bonds is 7. The van der Waals surface area contributed by atoms with Gasteiger partial charge in [-0.1, -0.05) is 23.4 Å². The molecular weight excluding hydrogens is 407 g/mol. The highest BCUT2D eigenvalue weighted by molar-refractivity contribution is 7.13. The van der Waals surface area contributed by atoms with Crippen molar-refractivity contribution >= 4 is 41.0 Å². The molecule has 3 rings (SSSR count). The molecule has 1 aliphatic heterocycles. The lowest BCUT2D eigenvalue weighted by Crippen LogP contribution is -2.36. The van der Waals surface area contributed by atoms with Gasteiger partial charge < -0.3 is 25.6 Å². The Morgan fingerprint density at radius 3 is 2.97 bits per heavy atom. The van der Waals surface area contributed by atoms with E-state index in [4.69, 9.17) is 15.2 Å². The van der Waals surface area contributed by atoms with Crippen molar-refractivity contribution in [2.45, 2.75) is 38.6 Å². The van der Waals surface area contributed by atoms with Gasteiger partial charge >= 0.3 is 7.12 Å². The van der Waals surface area contributed by atoms with E-state index in [2.05, 4.69) is 15.5 Å². The van der Waals surface area contributed by atoms with Crippen molar-refractivity contribution in [1.82, 2.24) is 10.3 Å². The lowest BCUT2D eigenvalue weighted by atomic mass is 9.64. The van der Waals surface area contributed by atoms with E-state index < -0.39 is 24.8 Å². The highest BCUT2D eigenvalue weighted by Crippen LogP contribution is 2.36. The molecule has 1 aromatic heterocycles. The van der Waals surface area contributed by atoms with Crippen molar-refractivity contribution in [2.75, 3.05) is 12.8 Å². The molecule has 30 heavy (non-hydrogen) atoms. The van der Waals surface area contributed by atoms with Gasteiger partial charge in [0.25, 0.3) is 5.91 Å². The van der Waals surface area contributed by atoms with Crippen molar-refractivity contribution < 1.29 is 24.1 Å². The van der Waals surface area contributed by atoms with E-state index in [1.807, 2.05) is 25.1 Å². The summed E-state index contributed by atoms with van der Waals surface area (Å²) in [4.78, 5) is 34.0. The number of thiazole rings is 1. The topological polar surface area (TPSA) is 136 Å². The normalized spacial score (nSPS) is 17.0. The average molecular weight is 430 g/mol. The Balaban J connectivity index is 1.80. The second-order valence-electron chi connectivity index (χ2n) is 7.04. The number of aromatic nitrogens is 1. The second kappa shape index (κ2) is 9.27. The van der Waals surface area contributed by atoms with Crippen LogP contribution in [0.2, 0.25) is 5.82 Å². The van der Waals surface area contributed by atoms with Crippen LogP contribution < -0.4 is 15.7 Å². The monoisotopic (exact) mass is 430 g/mol. The quantitative estimate of drug-likeness (QED) is 0.343. The van der Waals surface area contributed by atoms with Crippen molar-refractivity contribution in [3.05, 3.63) is 40.4 Å². The highest BCUT2D eigenvalue weighted by atomic mass is 32.1. The summed E-state index contributed by atoms with van der Waals surface area (Å²) in [5, 5.41) is 18.6. The molecule has 11 heteroatoms. The van der Waals surface area contributed by atoms with Crippen LogP contribution in [0.25, 0.3) is 0 Å². The minimum absolute atomic E-state index is 0.0392. The number of hydrogen-bond donors (Lipinski definition) is 3. The van der Waals surface area contributed by atoms with Gasteiger partial charge in [0.05, 0.1) is 0 Å². The van der Waals surface area contributed by atoms with Crippen LogP contribution in [0.4, 0.5) is 5.13 Å². The van der Waals surface area contributed by atoms with Gasteiger partial charge in [0.1, 0.15) is 11.4 Å². The standard InChI is InChI=1S/C19H23BN4O5S/c1-10-5-4-6-12-7-13(20(27)28-17(10)12)8-15(25)16(14-9-30-19(21)23-14)24-29-11(2)18(26)22-3/h4-6,9,11,13,27H,7-8H2,1-3H3,(H2,21,23)(H,22,26)/b24-16-/t11?,13-/m1/s1. The van der Waals surface area contributed by atoms with Crippen LogP contribution in [0, 0.1) is 6.92 Å². The van der Waals surface area contributed by atoms with Crippen LogP contribution in [0.3, 0.4) is 0 Å². The molecule has 9 nitrogen and oxygen atoms in total. The van der Waals surface area contributed by atoms with E-state index in [0.717, 1.165) is 22.5 Å². The summed E-state index contributed by atoms with van der Waals surface area (Å²) in [6, 6.07) is 5.72. The van der Waals surface area contributed by atoms with E-state index >= 15 is 0 Å². The SMILES string of the molecule is CNC(=O)C(C)O/N=C(\C(=O)C[C@H]1Cc2cccc(C)c2OB1O)c1csc(N)n1. The van der Waals surface area contributed by atoms with Crippen LogP contribution in [0.15, 0.2) is 28.7 Å². The Morgan fingerprint density at radius 1 is 1.53 bits per heavy atom. The molecule has 0 spiro atoms. The van der Waals surface area contributed by atoms with Crippen molar-refractivity contribution in [1.29, 1.82) is 0 Å². The number of ketones is 1. The fourth-order valence-electron chi connectivity index (χ4n) is 3.17. The zero-order valence-electron chi connectivity index (χ0n) is 16.9. The first-order chi connectivity index (χ1) is 14.3. The smallest absolute Gasteiger partial charge is 0.526 e. The maximum Gasteiger partial charge on any atom is 0.526 e.